The molecule has 0 bridgehead atoms. The number of para-hydroxylation sites is 1. The highest BCUT2D eigenvalue weighted by atomic mass is 16.2. The van der Waals surface area contributed by atoms with E-state index in [0.29, 0.717) is 5.69 Å². The molecule has 1 unspecified atom stereocenters. The fraction of sp³-hybridized carbons (Fsp3) is 0.318. The van der Waals surface area contributed by atoms with Crippen LogP contribution in [0.2, 0.25) is 0 Å². The molecule has 6 heteroatoms. The fourth-order valence-electron chi connectivity index (χ4n) is 3.44. The summed E-state index contributed by atoms with van der Waals surface area (Å²) in [6.45, 7) is 7.16. The predicted octanol–water partition coefficient (Wildman–Crippen LogP) is 3.59. The van der Waals surface area contributed by atoms with Crippen LogP contribution >= 0.6 is 0 Å². The van der Waals surface area contributed by atoms with E-state index in [1.807, 2.05) is 75.4 Å². The topological polar surface area (TPSA) is 60.9 Å². The molecule has 3 rings (SSSR count). The maximum atomic E-state index is 13.0. The summed E-state index contributed by atoms with van der Waals surface area (Å²) in [5, 5.41) is 0. The Bertz CT molecular complexity index is 878. The summed E-state index contributed by atoms with van der Waals surface area (Å²) in [4.78, 5) is 42.7. The first-order valence-corrected chi connectivity index (χ1v) is 9.39. The van der Waals surface area contributed by atoms with Crippen LogP contribution in [0, 0.1) is 6.92 Å². The summed E-state index contributed by atoms with van der Waals surface area (Å²) < 4.78 is 0. The number of aryl methyl sites for hydroxylation is 1. The van der Waals surface area contributed by atoms with Gasteiger partial charge in [-0.1, -0.05) is 35.9 Å². The van der Waals surface area contributed by atoms with Gasteiger partial charge in [0.25, 0.3) is 5.91 Å². The fourth-order valence-corrected chi connectivity index (χ4v) is 3.44. The summed E-state index contributed by atoms with van der Waals surface area (Å²) in [5.74, 6) is -0.656. The van der Waals surface area contributed by atoms with Gasteiger partial charge in [-0.15, -0.1) is 0 Å². The van der Waals surface area contributed by atoms with E-state index in [1.165, 1.54) is 4.90 Å². The van der Waals surface area contributed by atoms with Gasteiger partial charge in [-0.05, 0) is 52.0 Å². The lowest BCUT2D eigenvalue weighted by Gasteiger charge is -2.28. The number of imide groups is 1. The van der Waals surface area contributed by atoms with Gasteiger partial charge in [-0.25, -0.2) is 4.79 Å². The van der Waals surface area contributed by atoms with Gasteiger partial charge in [-0.2, -0.15) is 0 Å². The molecule has 2 aromatic carbocycles. The zero-order chi connectivity index (χ0) is 20.4. The van der Waals surface area contributed by atoms with E-state index in [1.54, 1.807) is 11.8 Å². The minimum atomic E-state index is -0.646. The molecule has 1 aliphatic rings. The minimum Gasteiger partial charge on any atom is -0.308 e. The molecule has 2 aromatic rings. The van der Waals surface area contributed by atoms with Crippen molar-refractivity contribution in [3.8, 4) is 0 Å². The van der Waals surface area contributed by atoms with Crippen molar-refractivity contribution in [2.45, 2.75) is 39.8 Å². The van der Waals surface area contributed by atoms with Crippen LogP contribution in [0.15, 0.2) is 54.6 Å². The van der Waals surface area contributed by atoms with Gasteiger partial charge in [-0.3, -0.25) is 19.4 Å². The number of nitrogens with zero attached hydrogens (tertiary/aromatic N) is 3. The summed E-state index contributed by atoms with van der Waals surface area (Å²) >= 11 is 0. The molecular formula is C22H25N3O3. The van der Waals surface area contributed by atoms with Crippen molar-refractivity contribution in [3.05, 3.63) is 60.2 Å². The van der Waals surface area contributed by atoms with E-state index < -0.39 is 12.1 Å². The average molecular weight is 379 g/mol. The average Bonchev–Trinajstić information content (AvgIpc) is 2.87. The number of carbonyl (C=O) groups excluding carboxylic acids is 3. The largest absolute Gasteiger partial charge is 0.332 e. The molecule has 0 saturated carbocycles. The van der Waals surface area contributed by atoms with Crippen molar-refractivity contribution in [1.82, 2.24) is 4.90 Å². The van der Waals surface area contributed by atoms with Crippen molar-refractivity contribution in [2.24, 2.45) is 0 Å². The van der Waals surface area contributed by atoms with E-state index >= 15 is 0 Å². The summed E-state index contributed by atoms with van der Waals surface area (Å²) in [7, 11) is 0. The Morgan fingerprint density at radius 2 is 1.64 bits per heavy atom. The lowest BCUT2D eigenvalue weighted by atomic mass is 10.2. The Kier molecular flexibility index (Phi) is 5.49. The first-order chi connectivity index (χ1) is 13.3. The molecule has 0 N–H and O–H groups in total. The van der Waals surface area contributed by atoms with E-state index in [2.05, 4.69) is 0 Å². The van der Waals surface area contributed by atoms with Gasteiger partial charge < -0.3 is 4.90 Å². The van der Waals surface area contributed by atoms with Gasteiger partial charge in [0.1, 0.15) is 12.6 Å². The van der Waals surface area contributed by atoms with Crippen LogP contribution in [-0.2, 0) is 9.59 Å². The highest BCUT2D eigenvalue weighted by Gasteiger charge is 2.44. The second-order valence-electron chi connectivity index (χ2n) is 7.28. The number of hydrogen-bond acceptors (Lipinski definition) is 3. The monoisotopic (exact) mass is 379 g/mol. The van der Waals surface area contributed by atoms with Crippen LogP contribution < -0.4 is 9.80 Å². The third-order valence-corrected chi connectivity index (χ3v) is 4.87. The van der Waals surface area contributed by atoms with E-state index in [9.17, 15) is 14.4 Å². The molecule has 0 aromatic heterocycles. The van der Waals surface area contributed by atoms with Crippen LogP contribution in [-0.4, -0.2) is 41.4 Å². The van der Waals surface area contributed by atoms with E-state index in [0.717, 1.165) is 16.2 Å². The Hall–Kier alpha value is -3.15. The lowest BCUT2D eigenvalue weighted by Crippen LogP contribution is -2.46. The molecule has 1 aliphatic heterocycles. The molecule has 0 radical (unpaired) electrons. The van der Waals surface area contributed by atoms with E-state index in [4.69, 9.17) is 0 Å². The zero-order valence-electron chi connectivity index (χ0n) is 16.6. The normalized spacial score (nSPS) is 16.8. The van der Waals surface area contributed by atoms with E-state index in [-0.39, 0.29) is 24.4 Å². The quantitative estimate of drug-likeness (QED) is 0.746. The summed E-state index contributed by atoms with van der Waals surface area (Å²) in [5.41, 5.74) is 2.46. The number of hydrogen-bond donors (Lipinski definition) is 0. The van der Waals surface area contributed by atoms with Crippen molar-refractivity contribution in [2.75, 3.05) is 16.3 Å². The first-order valence-electron chi connectivity index (χ1n) is 9.39. The van der Waals surface area contributed by atoms with Crippen LogP contribution in [0.1, 0.15) is 26.3 Å². The minimum absolute atomic E-state index is 0.103. The van der Waals surface area contributed by atoms with Gasteiger partial charge in [0.15, 0.2) is 0 Å². The molecule has 1 saturated heterocycles. The summed E-state index contributed by atoms with van der Waals surface area (Å²) in [6.07, 6.45) is 0. The molecule has 146 valence electrons. The Morgan fingerprint density at radius 1 is 1.04 bits per heavy atom. The highest BCUT2D eigenvalue weighted by Crippen LogP contribution is 2.26. The SMILES string of the molecule is Cc1ccc(N2C(=O)N(CC(=O)N(c3ccccc3)C(C)C)C(=O)C2C)cc1. The molecule has 6 nitrogen and oxygen atoms in total. The Balaban J connectivity index is 1.83. The maximum absolute atomic E-state index is 13.0. The summed E-state index contributed by atoms with van der Waals surface area (Å²) in [6, 6.07) is 15.5. The molecule has 0 spiro atoms. The molecule has 1 heterocycles. The zero-order valence-corrected chi connectivity index (χ0v) is 16.6. The number of benzene rings is 2. The predicted molar refractivity (Wildman–Crippen MR) is 109 cm³/mol. The van der Waals surface area contributed by atoms with Crippen molar-refractivity contribution >= 4 is 29.2 Å². The van der Waals surface area contributed by atoms with Gasteiger partial charge in [0, 0.05) is 17.4 Å². The van der Waals surface area contributed by atoms with Crippen LogP contribution in [0.5, 0.6) is 0 Å². The van der Waals surface area contributed by atoms with Crippen LogP contribution in [0.3, 0.4) is 0 Å². The van der Waals surface area contributed by atoms with Crippen molar-refractivity contribution in [3.63, 3.8) is 0 Å². The lowest BCUT2D eigenvalue weighted by molar-refractivity contribution is -0.131. The van der Waals surface area contributed by atoms with Gasteiger partial charge in [0.05, 0.1) is 0 Å². The number of anilines is 2. The van der Waals surface area contributed by atoms with Gasteiger partial charge in [0.2, 0.25) is 5.91 Å². The first kappa shape index (κ1) is 19.6. The maximum Gasteiger partial charge on any atom is 0.332 e. The number of urea groups is 1. The van der Waals surface area contributed by atoms with Crippen LogP contribution in [0.25, 0.3) is 0 Å². The molecule has 1 atom stereocenters. The standard InChI is InChI=1S/C22H25N3O3/c1-15(2)24(18-8-6-5-7-9-18)20(26)14-23-21(27)17(4)25(22(23)28)19-12-10-16(3)11-13-19/h5-13,15,17H,14H2,1-4H3. The second kappa shape index (κ2) is 7.84. The smallest absolute Gasteiger partial charge is 0.308 e. The third-order valence-electron chi connectivity index (χ3n) is 4.87. The molecule has 28 heavy (non-hydrogen) atoms. The highest BCUT2D eigenvalue weighted by molar-refractivity contribution is 6.16. The second-order valence-corrected chi connectivity index (χ2v) is 7.28. The van der Waals surface area contributed by atoms with Gasteiger partial charge >= 0.3 is 6.03 Å². The van der Waals surface area contributed by atoms with Crippen molar-refractivity contribution in [1.29, 1.82) is 0 Å². The number of rotatable bonds is 5. The third kappa shape index (κ3) is 3.63. The Labute approximate surface area is 165 Å². The molecular weight excluding hydrogens is 354 g/mol. The molecule has 1 fully saturated rings. The molecule has 4 amide bonds. The Morgan fingerprint density at radius 3 is 2.21 bits per heavy atom. The van der Waals surface area contributed by atoms with Crippen LogP contribution in [0.4, 0.5) is 16.2 Å². The molecule has 0 aliphatic carbocycles. The number of carbonyl (C=O) groups is 3. The number of amides is 4. The van der Waals surface area contributed by atoms with Crippen molar-refractivity contribution < 1.29 is 14.4 Å².